The lowest BCUT2D eigenvalue weighted by Gasteiger charge is -2.06. The Morgan fingerprint density at radius 2 is 2.00 bits per heavy atom. The SMILES string of the molecule is COc1cc(Cc2[nH]c(-c3ccccc3)nc2CC#N)ccc1Cl. The van der Waals surface area contributed by atoms with Gasteiger partial charge in [0.25, 0.3) is 0 Å². The van der Waals surface area contributed by atoms with Crippen LogP contribution in [0.15, 0.2) is 48.5 Å². The number of nitrogens with zero attached hydrogens (tertiary/aromatic N) is 2. The lowest BCUT2D eigenvalue weighted by molar-refractivity contribution is 0.414. The Morgan fingerprint density at radius 1 is 1.21 bits per heavy atom. The van der Waals surface area contributed by atoms with E-state index in [0.29, 0.717) is 17.2 Å². The van der Waals surface area contributed by atoms with Crippen LogP contribution in [0.2, 0.25) is 5.02 Å². The summed E-state index contributed by atoms with van der Waals surface area (Å²) in [5, 5.41) is 9.64. The number of benzene rings is 2. The molecular weight excluding hydrogens is 322 g/mol. The first-order valence-corrected chi connectivity index (χ1v) is 7.91. The van der Waals surface area contributed by atoms with Crippen molar-refractivity contribution in [1.29, 1.82) is 5.26 Å². The van der Waals surface area contributed by atoms with E-state index < -0.39 is 0 Å². The lowest BCUT2D eigenvalue weighted by Crippen LogP contribution is -1.95. The molecule has 1 N–H and O–H groups in total. The van der Waals surface area contributed by atoms with E-state index in [9.17, 15) is 0 Å². The predicted octanol–water partition coefficient (Wildman–Crippen LogP) is 4.40. The summed E-state index contributed by atoms with van der Waals surface area (Å²) in [4.78, 5) is 7.94. The van der Waals surface area contributed by atoms with Crippen LogP contribution in [-0.4, -0.2) is 17.1 Å². The lowest BCUT2D eigenvalue weighted by atomic mass is 10.1. The van der Waals surface area contributed by atoms with Crippen LogP contribution in [0.25, 0.3) is 11.4 Å². The van der Waals surface area contributed by atoms with Crippen molar-refractivity contribution in [2.45, 2.75) is 12.8 Å². The summed E-state index contributed by atoms with van der Waals surface area (Å²) in [5.41, 5.74) is 3.74. The summed E-state index contributed by atoms with van der Waals surface area (Å²) >= 11 is 6.08. The number of nitrogens with one attached hydrogen (secondary N) is 1. The van der Waals surface area contributed by atoms with Gasteiger partial charge < -0.3 is 9.72 Å². The molecule has 1 aromatic heterocycles. The van der Waals surface area contributed by atoms with E-state index in [1.165, 1.54) is 0 Å². The highest BCUT2D eigenvalue weighted by molar-refractivity contribution is 6.32. The van der Waals surface area contributed by atoms with Crippen LogP contribution in [-0.2, 0) is 12.8 Å². The molecule has 0 saturated heterocycles. The minimum Gasteiger partial charge on any atom is -0.495 e. The van der Waals surface area contributed by atoms with Gasteiger partial charge in [0.1, 0.15) is 11.6 Å². The fourth-order valence-electron chi connectivity index (χ4n) is 2.56. The molecule has 3 rings (SSSR count). The molecule has 0 fully saturated rings. The Balaban J connectivity index is 1.95. The van der Waals surface area contributed by atoms with Gasteiger partial charge in [-0.05, 0) is 17.7 Å². The molecule has 0 aliphatic rings. The summed E-state index contributed by atoms with van der Waals surface area (Å²) in [5.74, 6) is 1.41. The Hall–Kier alpha value is -2.77. The van der Waals surface area contributed by atoms with E-state index in [2.05, 4.69) is 16.0 Å². The number of hydrogen-bond donors (Lipinski definition) is 1. The van der Waals surface area contributed by atoms with Gasteiger partial charge in [0.05, 0.1) is 30.3 Å². The zero-order chi connectivity index (χ0) is 16.9. The third-order valence-corrected chi connectivity index (χ3v) is 4.07. The van der Waals surface area contributed by atoms with Crippen molar-refractivity contribution < 1.29 is 4.74 Å². The van der Waals surface area contributed by atoms with Crippen molar-refractivity contribution in [1.82, 2.24) is 9.97 Å². The van der Waals surface area contributed by atoms with Gasteiger partial charge in [0.2, 0.25) is 0 Å². The van der Waals surface area contributed by atoms with Crippen LogP contribution < -0.4 is 4.74 Å². The van der Waals surface area contributed by atoms with Crippen molar-refractivity contribution in [3.8, 4) is 23.2 Å². The van der Waals surface area contributed by atoms with E-state index in [-0.39, 0.29) is 6.42 Å². The molecule has 0 unspecified atom stereocenters. The zero-order valence-corrected chi connectivity index (χ0v) is 14.0. The number of H-pyrrole nitrogens is 1. The van der Waals surface area contributed by atoms with Crippen LogP contribution in [0.5, 0.6) is 5.75 Å². The molecule has 2 aromatic carbocycles. The maximum Gasteiger partial charge on any atom is 0.137 e. The van der Waals surface area contributed by atoms with Crippen molar-refractivity contribution in [3.05, 3.63) is 70.5 Å². The standard InChI is InChI=1S/C19H16ClN3O/c1-24-18-12-13(7-8-15(18)20)11-17-16(9-10-21)22-19(23-17)14-5-3-2-4-6-14/h2-8,12H,9,11H2,1H3,(H,22,23). The van der Waals surface area contributed by atoms with E-state index in [1.54, 1.807) is 7.11 Å². The Kier molecular flexibility index (Phi) is 4.83. The average molecular weight is 338 g/mol. The molecule has 0 aliphatic carbocycles. The topological polar surface area (TPSA) is 61.7 Å². The first-order valence-electron chi connectivity index (χ1n) is 7.54. The van der Waals surface area contributed by atoms with Crippen molar-refractivity contribution >= 4 is 11.6 Å². The third kappa shape index (κ3) is 3.42. The fourth-order valence-corrected chi connectivity index (χ4v) is 2.76. The molecule has 4 nitrogen and oxygen atoms in total. The molecule has 0 radical (unpaired) electrons. The summed E-state index contributed by atoms with van der Waals surface area (Å²) in [6.45, 7) is 0. The number of aromatic amines is 1. The second kappa shape index (κ2) is 7.20. The van der Waals surface area contributed by atoms with Gasteiger partial charge in [-0.15, -0.1) is 0 Å². The van der Waals surface area contributed by atoms with E-state index >= 15 is 0 Å². The maximum atomic E-state index is 9.07. The molecule has 0 aliphatic heterocycles. The van der Waals surface area contributed by atoms with Gasteiger partial charge in [0.15, 0.2) is 0 Å². The molecule has 0 bridgehead atoms. The van der Waals surface area contributed by atoms with Gasteiger partial charge in [-0.2, -0.15) is 5.26 Å². The summed E-state index contributed by atoms with van der Waals surface area (Å²) in [7, 11) is 1.59. The highest BCUT2D eigenvalue weighted by Gasteiger charge is 2.13. The van der Waals surface area contributed by atoms with Gasteiger partial charge in [0, 0.05) is 17.7 Å². The highest BCUT2D eigenvalue weighted by Crippen LogP contribution is 2.27. The molecule has 24 heavy (non-hydrogen) atoms. The van der Waals surface area contributed by atoms with Crippen LogP contribution in [0.1, 0.15) is 17.0 Å². The third-order valence-electron chi connectivity index (χ3n) is 3.75. The molecule has 5 heteroatoms. The second-order valence-electron chi connectivity index (χ2n) is 5.36. The van der Waals surface area contributed by atoms with Crippen molar-refractivity contribution in [2.75, 3.05) is 7.11 Å². The number of nitriles is 1. The summed E-state index contributed by atoms with van der Waals surface area (Å²) in [6.07, 6.45) is 0.897. The Bertz CT molecular complexity index is 881. The Morgan fingerprint density at radius 3 is 2.71 bits per heavy atom. The number of aromatic nitrogens is 2. The highest BCUT2D eigenvalue weighted by atomic mass is 35.5. The monoisotopic (exact) mass is 337 g/mol. The van der Waals surface area contributed by atoms with Crippen LogP contribution in [0, 0.1) is 11.3 Å². The quantitative estimate of drug-likeness (QED) is 0.750. The van der Waals surface area contributed by atoms with Gasteiger partial charge in [-0.3, -0.25) is 0 Å². The molecule has 3 aromatic rings. The molecule has 0 atom stereocenters. The number of rotatable bonds is 5. The predicted molar refractivity (Wildman–Crippen MR) is 94.2 cm³/mol. The van der Waals surface area contributed by atoms with E-state index in [1.807, 2.05) is 48.5 Å². The van der Waals surface area contributed by atoms with Gasteiger partial charge >= 0.3 is 0 Å². The minimum atomic E-state index is 0.267. The molecule has 0 spiro atoms. The largest absolute Gasteiger partial charge is 0.495 e. The summed E-state index contributed by atoms with van der Waals surface area (Å²) < 4.78 is 5.27. The van der Waals surface area contributed by atoms with Crippen molar-refractivity contribution in [3.63, 3.8) is 0 Å². The maximum absolute atomic E-state index is 9.07. The number of ether oxygens (including phenoxy) is 1. The van der Waals surface area contributed by atoms with E-state index in [4.69, 9.17) is 21.6 Å². The normalized spacial score (nSPS) is 10.4. The number of imidazole rings is 1. The van der Waals surface area contributed by atoms with Crippen LogP contribution >= 0.6 is 11.6 Å². The first-order chi connectivity index (χ1) is 11.7. The smallest absolute Gasteiger partial charge is 0.137 e. The summed E-state index contributed by atoms with van der Waals surface area (Å²) in [6, 6.07) is 17.7. The average Bonchev–Trinajstić information content (AvgIpc) is 3.00. The molecule has 0 amide bonds. The molecule has 0 saturated carbocycles. The number of hydrogen-bond acceptors (Lipinski definition) is 3. The molecular formula is C19H16ClN3O. The van der Waals surface area contributed by atoms with Crippen LogP contribution in [0.4, 0.5) is 0 Å². The first kappa shape index (κ1) is 16.1. The second-order valence-corrected chi connectivity index (χ2v) is 5.76. The molecule has 1 heterocycles. The zero-order valence-electron chi connectivity index (χ0n) is 13.2. The Labute approximate surface area is 145 Å². The fraction of sp³-hybridized carbons (Fsp3) is 0.158. The number of halogens is 1. The van der Waals surface area contributed by atoms with Crippen molar-refractivity contribution in [2.24, 2.45) is 0 Å². The van der Waals surface area contributed by atoms with Gasteiger partial charge in [-0.25, -0.2) is 4.98 Å². The number of methoxy groups -OCH3 is 1. The van der Waals surface area contributed by atoms with Gasteiger partial charge in [-0.1, -0.05) is 48.0 Å². The van der Waals surface area contributed by atoms with Crippen LogP contribution in [0.3, 0.4) is 0 Å². The van der Waals surface area contributed by atoms with E-state index in [0.717, 1.165) is 28.3 Å². The molecule has 120 valence electrons. The minimum absolute atomic E-state index is 0.267.